The molecule has 3 rings (SSSR count). The molecule has 1 saturated heterocycles. The number of H-pyrrole nitrogens is 1. The quantitative estimate of drug-likeness (QED) is 0.870. The summed E-state index contributed by atoms with van der Waals surface area (Å²) in [6.07, 6.45) is 0.537. The Balaban J connectivity index is 1.74. The fourth-order valence-electron chi connectivity index (χ4n) is 2.86. The Morgan fingerprint density at radius 1 is 1.38 bits per heavy atom. The van der Waals surface area contributed by atoms with E-state index in [1.165, 1.54) is 12.1 Å². The number of aromatic amines is 1. The normalized spacial score (nSPS) is 19.3. The number of hydrogen-bond donors (Lipinski definition) is 2. The van der Waals surface area contributed by atoms with Crippen LogP contribution in [0.15, 0.2) is 24.3 Å². The Labute approximate surface area is 139 Å². The van der Waals surface area contributed by atoms with Crippen LogP contribution in [0.5, 0.6) is 0 Å². The second-order valence-corrected chi connectivity index (χ2v) is 8.26. The average molecular weight is 351 g/mol. The molecular formula is C16H18FN3O3S. The van der Waals surface area contributed by atoms with Crippen LogP contribution in [0.25, 0.3) is 11.3 Å². The van der Waals surface area contributed by atoms with Gasteiger partial charge >= 0.3 is 0 Å². The Bertz CT molecular complexity index is 859. The van der Waals surface area contributed by atoms with Gasteiger partial charge in [0, 0.05) is 22.9 Å². The molecule has 0 saturated carbocycles. The summed E-state index contributed by atoms with van der Waals surface area (Å²) in [7, 11) is -3.04. The number of nitrogens with one attached hydrogen (secondary N) is 2. The van der Waals surface area contributed by atoms with Crippen LogP contribution in [0.4, 0.5) is 4.39 Å². The fourth-order valence-corrected chi connectivity index (χ4v) is 4.54. The summed E-state index contributed by atoms with van der Waals surface area (Å²) >= 11 is 0. The summed E-state index contributed by atoms with van der Waals surface area (Å²) in [6.45, 7) is 1.81. The zero-order chi connectivity index (χ0) is 17.3. The number of carbonyl (C=O) groups is 1. The van der Waals surface area contributed by atoms with Crippen LogP contribution >= 0.6 is 0 Å². The van der Waals surface area contributed by atoms with Gasteiger partial charge in [-0.05, 0) is 37.6 Å². The van der Waals surface area contributed by atoms with Crippen molar-refractivity contribution in [1.82, 2.24) is 15.5 Å². The van der Waals surface area contributed by atoms with Crippen molar-refractivity contribution in [3.8, 4) is 11.3 Å². The maximum atomic E-state index is 13.1. The van der Waals surface area contributed by atoms with E-state index in [2.05, 4.69) is 15.5 Å². The lowest BCUT2D eigenvalue weighted by atomic mass is 10.0. The van der Waals surface area contributed by atoms with Crippen molar-refractivity contribution in [3.05, 3.63) is 41.3 Å². The van der Waals surface area contributed by atoms with Gasteiger partial charge in [-0.3, -0.25) is 9.89 Å². The monoisotopic (exact) mass is 351 g/mol. The third kappa shape index (κ3) is 3.64. The number of sulfone groups is 1. The second-order valence-electron chi connectivity index (χ2n) is 6.03. The highest BCUT2D eigenvalue weighted by atomic mass is 32.2. The Kier molecular flexibility index (Phi) is 4.40. The molecule has 0 bridgehead atoms. The third-order valence-corrected chi connectivity index (χ3v) is 5.89. The first-order chi connectivity index (χ1) is 11.3. The molecule has 2 N–H and O–H groups in total. The van der Waals surface area contributed by atoms with Gasteiger partial charge in [0.2, 0.25) is 5.91 Å². The van der Waals surface area contributed by atoms with E-state index in [0.717, 1.165) is 11.3 Å². The van der Waals surface area contributed by atoms with Gasteiger partial charge in [0.05, 0.1) is 23.6 Å². The van der Waals surface area contributed by atoms with Crippen molar-refractivity contribution in [2.45, 2.75) is 25.8 Å². The third-order valence-electron chi connectivity index (χ3n) is 4.13. The zero-order valence-corrected chi connectivity index (χ0v) is 14.0. The Morgan fingerprint density at radius 2 is 2.08 bits per heavy atom. The van der Waals surface area contributed by atoms with Crippen LogP contribution in [-0.2, 0) is 21.1 Å². The van der Waals surface area contributed by atoms with Crippen LogP contribution in [0.2, 0.25) is 0 Å². The van der Waals surface area contributed by atoms with Crippen molar-refractivity contribution in [1.29, 1.82) is 0 Å². The first-order valence-electron chi connectivity index (χ1n) is 7.63. The van der Waals surface area contributed by atoms with Crippen molar-refractivity contribution in [2.75, 3.05) is 11.5 Å². The van der Waals surface area contributed by atoms with E-state index in [4.69, 9.17) is 0 Å². The van der Waals surface area contributed by atoms with E-state index < -0.39 is 9.84 Å². The van der Waals surface area contributed by atoms with E-state index in [9.17, 15) is 17.6 Å². The van der Waals surface area contributed by atoms with Gasteiger partial charge in [-0.1, -0.05) is 0 Å². The molecule has 1 unspecified atom stereocenters. The Morgan fingerprint density at radius 3 is 2.71 bits per heavy atom. The lowest BCUT2D eigenvalue weighted by Gasteiger charge is -2.11. The van der Waals surface area contributed by atoms with Gasteiger partial charge in [0.25, 0.3) is 0 Å². The molecule has 0 radical (unpaired) electrons. The number of rotatable bonds is 4. The van der Waals surface area contributed by atoms with Crippen LogP contribution in [0.1, 0.15) is 17.7 Å². The van der Waals surface area contributed by atoms with Gasteiger partial charge in [0.1, 0.15) is 5.82 Å². The van der Waals surface area contributed by atoms with Gasteiger partial charge in [-0.25, -0.2) is 12.8 Å². The molecule has 1 amide bonds. The highest BCUT2D eigenvalue weighted by Gasteiger charge is 2.29. The van der Waals surface area contributed by atoms with Crippen LogP contribution in [0, 0.1) is 12.7 Å². The standard InChI is InChI=1S/C16H18FN3O3S/c1-10-14(8-15(21)18-13-6-7-24(22,23)9-13)16(20-19-10)11-2-4-12(17)5-3-11/h2-5,13H,6-9H2,1H3,(H,18,21)(H,19,20). The van der Waals surface area contributed by atoms with Gasteiger partial charge in [-0.15, -0.1) is 0 Å². The fraction of sp³-hybridized carbons (Fsp3) is 0.375. The lowest BCUT2D eigenvalue weighted by Crippen LogP contribution is -2.36. The number of amides is 1. The summed E-state index contributed by atoms with van der Waals surface area (Å²) in [5, 5.41) is 9.81. The molecule has 2 heterocycles. The first-order valence-corrected chi connectivity index (χ1v) is 9.46. The zero-order valence-electron chi connectivity index (χ0n) is 13.2. The second kappa shape index (κ2) is 6.35. The average Bonchev–Trinajstić information content (AvgIpc) is 3.03. The summed E-state index contributed by atoms with van der Waals surface area (Å²) in [5.74, 6) is -0.477. The van der Waals surface area contributed by atoms with Crippen molar-refractivity contribution in [3.63, 3.8) is 0 Å². The number of benzene rings is 1. The van der Waals surface area contributed by atoms with Crippen LogP contribution in [-0.4, -0.2) is 42.1 Å². The lowest BCUT2D eigenvalue weighted by molar-refractivity contribution is -0.121. The van der Waals surface area contributed by atoms with Crippen LogP contribution < -0.4 is 5.32 Å². The topological polar surface area (TPSA) is 91.9 Å². The molecule has 0 aliphatic carbocycles. The van der Waals surface area contributed by atoms with E-state index in [1.807, 2.05) is 6.92 Å². The molecule has 1 aliphatic rings. The summed E-state index contributed by atoms with van der Waals surface area (Å²) < 4.78 is 36.0. The molecule has 1 aliphatic heterocycles. The van der Waals surface area contributed by atoms with Crippen molar-refractivity contribution in [2.24, 2.45) is 0 Å². The predicted octanol–water partition coefficient (Wildman–Crippen LogP) is 1.37. The van der Waals surface area contributed by atoms with Crippen molar-refractivity contribution < 1.29 is 17.6 Å². The number of nitrogens with zero attached hydrogens (tertiary/aromatic N) is 1. The van der Waals surface area contributed by atoms with Gasteiger partial charge < -0.3 is 5.32 Å². The number of halogens is 1. The number of hydrogen-bond acceptors (Lipinski definition) is 4. The molecule has 1 aromatic carbocycles. The SMILES string of the molecule is Cc1[nH]nc(-c2ccc(F)cc2)c1CC(=O)NC1CCS(=O)(=O)C1. The van der Waals surface area contributed by atoms with Gasteiger partial charge in [0.15, 0.2) is 9.84 Å². The molecule has 6 nitrogen and oxygen atoms in total. The molecule has 128 valence electrons. The maximum Gasteiger partial charge on any atom is 0.224 e. The first kappa shape index (κ1) is 16.6. The smallest absolute Gasteiger partial charge is 0.224 e. The predicted molar refractivity (Wildman–Crippen MR) is 87.6 cm³/mol. The number of aromatic nitrogens is 2. The molecule has 24 heavy (non-hydrogen) atoms. The molecule has 1 fully saturated rings. The minimum Gasteiger partial charge on any atom is -0.352 e. The van der Waals surface area contributed by atoms with E-state index in [-0.39, 0.29) is 35.7 Å². The van der Waals surface area contributed by atoms with E-state index in [0.29, 0.717) is 17.7 Å². The Hall–Kier alpha value is -2.22. The highest BCUT2D eigenvalue weighted by molar-refractivity contribution is 7.91. The van der Waals surface area contributed by atoms with E-state index in [1.54, 1.807) is 12.1 Å². The molecule has 8 heteroatoms. The molecule has 1 atom stereocenters. The van der Waals surface area contributed by atoms with Crippen LogP contribution in [0.3, 0.4) is 0 Å². The number of carbonyl (C=O) groups excluding carboxylic acids is 1. The minimum atomic E-state index is -3.04. The minimum absolute atomic E-state index is 0.00602. The maximum absolute atomic E-state index is 13.1. The molecule has 1 aromatic heterocycles. The molecule has 0 spiro atoms. The largest absolute Gasteiger partial charge is 0.352 e. The highest BCUT2D eigenvalue weighted by Crippen LogP contribution is 2.24. The van der Waals surface area contributed by atoms with Crippen molar-refractivity contribution >= 4 is 15.7 Å². The summed E-state index contributed by atoms with van der Waals surface area (Å²) in [4.78, 5) is 12.3. The summed E-state index contributed by atoms with van der Waals surface area (Å²) in [5.41, 5.74) is 2.79. The summed E-state index contributed by atoms with van der Waals surface area (Å²) in [6, 6.07) is 5.56. The molecule has 2 aromatic rings. The number of aryl methyl sites for hydroxylation is 1. The van der Waals surface area contributed by atoms with E-state index >= 15 is 0 Å². The molecular weight excluding hydrogens is 333 g/mol. The van der Waals surface area contributed by atoms with Gasteiger partial charge in [-0.2, -0.15) is 5.10 Å².